The van der Waals surface area contributed by atoms with Gasteiger partial charge < -0.3 is 15.2 Å². The Hall–Kier alpha value is -1.71. The van der Waals surface area contributed by atoms with Gasteiger partial charge >= 0.3 is 5.97 Å². The Morgan fingerprint density at radius 2 is 2.00 bits per heavy atom. The maximum atomic E-state index is 11.7. The number of carbonyl (C=O) groups is 1. The van der Waals surface area contributed by atoms with Gasteiger partial charge in [-0.15, -0.1) is 0 Å². The second kappa shape index (κ2) is 5.08. The highest BCUT2D eigenvalue weighted by Gasteiger charge is 2.18. The number of rotatable bonds is 3. The number of hydrogen-bond acceptors (Lipinski definition) is 4. The van der Waals surface area contributed by atoms with Crippen LogP contribution in [0.25, 0.3) is 0 Å². The highest BCUT2D eigenvalue weighted by atomic mass is 16.6. The minimum absolute atomic E-state index is 0.153. The molecule has 4 nitrogen and oxygen atoms in total. The zero-order valence-electron chi connectivity index (χ0n) is 10.7. The molecule has 0 radical (unpaired) electrons. The molecule has 0 unspecified atom stereocenters. The molecule has 0 heterocycles. The SMILES string of the molecule is COc1cccc(CC(=O)OC(C)(C)C)c1N. The molecule has 0 spiro atoms. The Kier molecular flexibility index (Phi) is 3.99. The zero-order chi connectivity index (χ0) is 13.1. The van der Waals surface area contributed by atoms with Crippen LogP contribution in [0.2, 0.25) is 0 Å². The van der Waals surface area contributed by atoms with Crippen molar-refractivity contribution in [1.82, 2.24) is 0 Å². The molecule has 0 saturated heterocycles. The van der Waals surface area contributed by atoms with Crippen LogP contribution in [0.3, 0.4) is 0 Å². The summed E-state index contributed by atoms with van der Waals surface area (Å²) in [4.78, 5) is 11.7. The summed E-state index contributed by atoms with van der Waals surface area (Å²) in [5, 5.41) is 0. The van der Waals surface area contributed by atoms with Crippen LogP contribution >= 0.6 is 0 Å². The number of para-hydroxylation sites is 1. The zero-order valence-corrected chi connectivity index (χ0v) is 10.7. The van der Waals surface area contributed by atoms with E-state index in [0.717, 1.165) is 5.56 Å². The lowest BCUT2D eigenvalue weighted by molar-refractivity contribution is -0.153. The normalized spacial score (nSPS) is 11.1. The van der Waals surface area contributed by atoms with E-state index in [1.807, 2.05) is 20.8 Å². The van der Waals surface area contributed by atoms with Crippen LogP contribution in [0.1, 0.15) is 26.3 Å². The molecular weight excluding hydrogens is 218 g/mol. The fraction of sp³-hybridized carbons (Fsp3) is 0.462. The summed E-state index contributed by atoms with van der Waals surface area (Å²) < 4.78 is 10.3. The molecule has 0 aliphatic rings. The second-order valence-corrected chi connectivity index (χ2v) is 4.80. The van der Waals surface area contributed by atoms with Crippen molar-refractivity contribution in [1.29, 1.82) is 0 Å². The summed E-state index contributed by atoms with van der Waals surface area (Å²) in [6.07, 6.45) is 0.153. The predicted octanol–water partition coefficient (Wildman–Crippen LogP) is 2.16. The number of nitrogen functional groups attached to an aromatic ring is 1. The van der Waals surface area contributed by atoms with Crippen LogP contribution in [0.5, 0.6) is 5.75 Å². The summed E-state index contributed by atoms with van der Waals surface area (Å²) in [5.74, 6) is 0.281. The highest BCUT2D eigenvalue weighted by molar-refractivity contribution is 5.76. The van der Waals surface area contributed by atoms with Crippen molar-refractivity contribution >= 4 is 11.7 Å². The van der Waals surface area contributed by atoms with Crippen molar-refractivity contribution in [2.45, 2.75) is 32.8 Å². The third-order valence-corrected chi connectivity index (χ3v) is 2.13. The van der Waals surface area contributed by atoms with Gasteiger partial charge in [0, 0.05) is 0 Å². The Balaban J connectivity index is 2.79. The Labute approximate surface area is 102 Å². The maximum absolute atomic E-state index is 11.7. The minimum atomic E-state index is -0.481. The molecule has 0 aliphatic carbocycles. The molecule has 94 valence electrons. The van der Waals surface area contributed by atoms with Gasteiger partial charge in [0.25, 0.3) is 0 Å². The molecule has 1 rings (SSSR count). The quantitative estimate of drug-likeness (QED) is 0.646. The first kappa shape index (κ1) is 13.4. The number of benzene rings is 1. The Morgan fingerprint density at radius 1 is 1.35 bits per heavy atom. The molecule has 4 heteroatoms. The largest absolute Gasteiger partial charge is 0.495 e. The molecule has 0 aromatic heterocycles. The summed E-state index contributed by atoms with van der Waals surface area (Å²) in [7, 11) is 1.54. The molecule has 0 saturated carbocycles. The van der Waals surface area contributed by atoms with Crippen LogP contribution < -0.4 is 10.5 Å². The van der Waals surface area contributed by atoms with Crippen LogP contribution in [-0.4, -0.2) is 18.7 Å². The van der Waals surface area contributed by atoms with Gasteiger partial charge in [-0.2, -0.15) is 0 Å². The number of nitrogens with two attached hydrogens (primary N) is 1. The molecule has 1 aromatic rings. The molecular formula is C13H19NO3. The monoisotopic (exact) mass is 237 g/mol. The molecule has 17 heavy (non-hydrogen) atoms. The van der Waals surface area contributed by atoms with Gasteiger partial charge in [-0.1, -0.05) is 12.1 Å². The van der Waals surface area contributed by atoms with Crippen molar-refractivity contribution < 1.29 is 14.3 Å². The molecule has 1 aromatic carbocycles. The lowest BCUT2D eigenvalue weighted by Gasteiger charge is -2.20. The number of carbonyl (C=O) groups excluding carboxylic acids is 1. The van der Waals surface area contributed by atoms with Crippen molar-refractivity contribution in [3.05, 3.63) is 23.8 Å². The van der Waals surface area contributed by atoms with Crippen LogP contribution in [-0.2, 0) is 16.0 Å². The van der Waals surface area contributed by atoms with Gasteiger partial charge in [0.05, 0.1) is 19.2 Å². The highest BCUT2D eigenvalue weighted by Crippen LogP contribution is 2.25. The number of ether oxygens (including phenoxy) is 2. The molecule has 0 amide bonds. The topological polar surface area (TPSA) is 61.5 Å². The first-order chi connectivity index (χ1) is 7.83. The molecule has 0 bridgehead atoms. The lowest BCUT2D eigenvalue weighted by Crippen LogP contribution is -2.25. The summed E-state index contributed by atoms with van der Waals surface area (Å²) >= 11 is 0. The van der Waals surface area contributed by atoms with Crippen molar-refractivity contribution in [2.75, 3.05) is 12.8 Å². The molecule has 0 atom stereocenters. The van der Waals surface area contributed by atoms with Crippen LogP contribution in [0.4, 0.5) is 5.69 Å². The first-order valence-electron chi connectivity index (χ1n) is 5.46. The average molecular weight is 237 g/mol. The Morgan fingerprint density at radius 3 is 2.53 bits per heavy atom. The van der Waals surface area contributed by atoms with Gasteiger partial charge in [-0.3, -0.25) is 4.79 Å². The maximum Gasteiger partial charge on any atom is 0.310 e. The molecule has 0 aliphatic heterocycles. The lowest BCUT2D eigenvalue weighted by atomic mass is 10.1. The van der Waals surface area contributed by atoms with E-state index in [-0.39, 0.29) is 12.4 Å². The third kappa shape index (κ3) is 3.98. The van der Waals surface area contributed by atoms with Gasteiger partial charge in [-0.05, 0) is 32.4 Å². The van der Waals surface area contributed by atoms with Gasteiger partial charge in [0.15, 0.2) is 0 Å². The smallest absolute Gasteiger partial charge is 0.310 e. The van der Waals surface area contributed by atoms with Gasteiger partial charge in [0.1, 0.15) is 11.4 Å². The van der Waals surface area contributed by atoms with E-state index < -0.39 is 5.60 Å². The van der Waals surface area contributed by atoms with E-state index in [4.69, 9.17) is 15.2 Å². The third-order valence-electron chi connectivity index (χ3n) is 2.13. The fourth-order valence-corrected chi connectivity index (χ4v) is 1.45. The Bertz CT molecular complexity index is 408. The van der Waals surface area contributed by atoms with E-state index >= 15 is 0 Å². The van der Waals surface area contributed by atoms with E-state index in [0.29, 0.717) is 11.4 Å². The summed E-state index contributed by atoms with van der Waals surface area (Å²) in [6.45, 7) is 5.50. The van der Waals surface area contributed by atoms with E-state index in [1.54, 1.807) is 25.3 Å². The van der Waals surface area contributed by atoms with Gasteiger partial charge in [-0.25, -0.2) is 0 Å². The summed E-state index contributed by atoms with van der Waals surface area (Å²) in [6, 6.07) is 5.35. The van der Waals surface area contributed by atoms with Gasteiger partial charge in [0.2, 0.25) is 0 Å². The van der Waals surface area contributed by atoms with Crippen molar-refractivity contribution in [3.8, 4) is 5.75 Å². The second-order valence-electron chi connectivity index (χ2n) is 4.80. The van der Waals surface area contributed by atoms with Crippen molar-refractivity contribution in [3.63, 3.8) is 0 Å². The number of hydrogen-bond donors (Lipinski definition) is 1. The van der Waals surface area contributed by atoms with Crippen LogP contribution in [0, 0.1) is 0 Å². The molecule has 2 N–H and O–H groups in total. The summed E-state index contributed by atoms with van der Waals surface area (Å²) in [5.41, 5.74) is 6.60. The number of methoxy groups -OCH3 is 1. The molecule has 0 fully saturated rings. The standard InChI is InChI=1S/C13H19NO3/c1-13(2,3)17-11(15)8-9-6-5-7-10(16-4)12(9)14/h5-7H,8,14H2,1-4H3. The first-order valence-corrected chi connectivity index (χ1v) is 5.46. The minimum Gasteiger partial charge on any atom is -0.495 e. The van der Waals surface area contributed by atoms with Crippen LogP contribution in [0.15, 0.2) is 18.2 Å². The van der Waals surface area contributed by atoms with Crippen molar-refractivity contribution in [2.24, 2.45) is 0 Å². The predicted molar refractivity (Wildman–Crippen MR) is 67.0 cm³/mol. The number of esters is 1. The fourth-order valence-electron chi connectivity index (χ4n) is 1.45. The van der Waals surface area contributed by atoms with E-state index in [1.165, 1.54) is 0 Å². The van der Waals surface area contributed by atoms with E-state index in [2.05, 4.69) is 0 Å². The number of anilines is 1. The average Bonchev–Trinajstić information content (AvgIpc) is 2.18. The van der Waals surface area contributed by atoms with E-state index in [9.17, 15) is 4.79 Å².